The molecule has 1 aromatic rings. The Labute approximate surface area is 119 Å². The number of benzene rings is 1. The molecule has 0 atom stereocenters. The Bertz CT molecular complexity index is 391. The van der Waals surface area contributed by atoms with Gasteiger partial charge in [0.1, 0.15) is 0 Å². The first-order chi connectivity index (χ1) is 9.02. The quantitative estimate of drug-likeness (QED) is 0.358. The van der Waals surface area contributed by atoms with Gasteiger partial charge in [-0.15, -0.1) is 26.3 Å². The molecule has 0 amide bonds. The van der Waals surface area contributed by atoms with Crippen LogP contribution in [0.25, 0.3) is 0 Å². The van der Waals surface area contributed by atoms with Gasteiger partial charge in [0.15, 0.2) is 0 Å². The summed E-state index contributed by atoms with van der Waals surface area (Å²) in [6.07, 6.45) is 1.31. The number of rotatable bonds is 1. The van der Waals surface area contributed by atoms with Crippen molar-refractivity contribution >= 4 is 30.3 Å². The predicted octanol–water partition coefficient (Wildman–Crippen LogP) is 1.88. The highest BCUT2D eigenvalue weighted by molar-refractivity contribution is 6.62. The summed E-state index contributed by atoms with van der Waals surface area (Å²) in [6.45, 7) is 13.9. The van der Waals surface area contributed by atoms with E-state index in [0.717, 1.165) is 5.56 Å². The second-order valence-corrected chi connectivity index (χ2v) is 3.12. The molecule has 0 saturated carbocycles. The fourth-order valence-electron chi connectivity index (χ4n) is 0.861. The van der Waals surface area contributed by atoms with Crippen LogP contribution >= 0.6 is 11.6 Å². The van der Waals surface area contributed by atoms with Crippen molar-refractivity contribution in [3.8, 4) is 0 Å². The zero-order chi connectivity index (χ0) is 15.8. The molecule has 1 aromatic carbocycles. The average Bonchev–Trinajstić information content (AvgIpc) is 2.46. The van der Waals surface area contributed by atoms with Crippen LogP contribution in [0.5, 0.6) is 0 Å². The molecule has 19 heavy (non-hydrogen) atoms. The molecule has 0 unspecified atom stereocenters. The molecule has 0 aliphatic carbocycles. The monoisotopic (exact) mass is 283 g/mol. The fourth-order valence-corrected chi connectivity index (χ4v) is 1.08. The molecule has 0 radical (unpaired) electrons. The number of hydrogen-bond acceptors (Lipinski definition) is 4. The Morgan fingerprint density at radius 3 is 1.95 bits per heavy atom. The average molecular weight is 284 g/mol. The predicted molar refractivity (Wildman–Crippen MR) is 82.6 cm³/mol. The first-order valence-corrected chi connectivity index (χ1v) is 5.48. The maximum absolute atomic E-state index is 8.88. The van der Waals surface area contributed by atoms with Gasteiger partial charge in [-0.25, -0.2) is 9.79 Å². The van der Waals surface area contributed by atoms with Gasteiger partial charge in [-0.2, -0.15) is 0 Å². The molecule has 0 spiro atoms. The molecule has 0 bridgehead atoms. The second-order valence-electron chi connectivity index (χ2n) is 2.71. The van der Waals surface area contributed by atoms with Crippen molar-refractivity contribution in [2.24, 2.45) is 4.99 Å². The minimum absolute atomic E-state index is 0.353. The van der Waals surface area contributed by atoms with E-state index >= 15 is 0 Å². The standard InChI is InChI=1S/C7H8BClO2.C2H3NO.2C2H4/c1-5-2-3-7(9)6(4-5)8(10)11;1-3-2-4;2*1-2/h2-4,10-11H,1H3;1H3;2*1-2H2. The van der Waals surface area contributed by atoms with E-state index in [0.29, 0.717) is 10.5 Å². The number of hydrogen-bond donors (Lipinski definition) is 2. The highest BCUT2D eigenvalue weighted by Gasteiger charge is 2.14. The number of aliphatic imine (C=N–C) groups is 1. The van der Waals surface area contributed by atoms with Gasteiger partial charge in [0.2, 0.25) is 6.08 Å². The molecule has 0 heterocycles. The van der Waals surface area contributed by atoms with Crippen LogP contribution in [0.2, 0.25) is 5.02 Å². The maximum Gasteiger partial charge on any atom is 0.489 e. The van der Waals surface area contributed by atoms with Gasteiger partial charge in [-0.3, -0.25) is 0 Å². The van der Waals surface area contributed by atoms with E-state index in [4.69, 9.17) is 26.4 Å². The summed E-state index contributed by atoms with van der Waals surface area (Å²) in [5.74, 6) is 0. The molecule has 1 rings (SSSR count). The summed E-state index contributed by atoms with van der Waals surface area (Å²) < 4.78 is 0. The van der Waals surface area contributed by atoms with E-state index in [1.807, 2.05) is 13.0 Å². The second kappa shape index (κ2) is 16.4. The van der Waals surface area contributed by atoms with Crippen LogP contribution in [-0.2, 0) is 4.79 Å². The van der Waals surface area contributed by atoms with Crippen LogP contribution in [0.3, 0.4) is 0 Å². The molecule has 0 aliphatic heterocycles. The lowest BCUT2D eigenvalue weighted by atomic mass is 9.79. The van der Waals surface area contributed by atoms with Crippen molar-refractivity contribution in [1.82, 2.24) is 0 Å². The largest absolute Gasteiger partial charge is 0.489 e. The summed E-state index contributed by atoms with van der Waals surface area (Å²) in [5.41, 5.74) is 1.31. The third-order valence-corrected chi connectivity index (χ3v) is 1.87. The lowest BCUT2D eigenvalue weighted by Gasteiger charge is -2.02. The zero-order valence-corrected chi connectivity index (χ0v) is 12.0. The van der Waals surface area contributed by atoms with E-state index in [9.17, 15) is 0 Å². The Morgan fingerprint density at radius 1 is 1.26 bits per heavy atom. The van der Waals surface area contributed by atoms with Gasteiger partial charge in [-0.05, 0) is 13.0 Å². The third-order valence-electron chi connectivity index (χ3n) is 1.52. The number of isocyanates is 1. The van der Waals surface area contributed by atoms with Gasteiger partial charge < -0.3 is 10.0 Å². The number of halogens is 1. The minimum atomic E-state index is -1.48. The Balaban J connectivity index is -0.000000271. The highest BCUT2D eigenvalue weighted by Crippen LogP contribution is 2.06. The maximum atomic E-state index is 8.88. The van der Waals surface area contributed by atoms with Crippen molar-refractivity contribution in [1.29, 1.82) is 0 Å². The molecule has 2 N–H and O–H groups in total. The van der Waals surface area contributed by atoms with E-state index in [1.54, 1.807) is 12.1 Å². The number of carbonyl (C=O) groups excluding carboxylic acids is 1. The van der Waals surface area contributed by atoms with E-state index in [-0.39, 0.29) is 0 Å². The van der Waals surface area contributed by atoms with Crippen molar-refractivity contribution in [3.05, 3.63) is 55.1 Å². The Hall–Kier alpha value is -1.65. The van der Waals surface area contributed by atoms with Crippen LogP contribution in [0, 0.1) is 6.92 Å². The van der Waals surface area contributed by atoms with Gasteiger partial charge in [0.05, 0.1) is 0 Å². The van der Waals surface area contributed by atoms with E-state index in [2.05, 4.69) is 31.3 Å². The van der Waals surface area contributed by atoms with Crippen molar-refractivity contribution in [2.45, 2.75) is 6.92 Å². The Kier molecular flexibility index (Phi) is 19.4. The molecule has 6 heteroatoms. The van der Waals surface area contributed by atoms with Crippen molar-refractivity contribution in [3.63, 3.8) is 0 Å². The summed E-state index contributed by atoms with van der Waals surface area (Å²) in [4.78, 5) is 11.8. The van der Waals surface area contributed by atoms with Crippen LogP contribution in [0.4, 0.5) is 0 Å². The van der Waals surface area contributed by atoms with Crippen LogP contribution < -0.4 is 5.46 Å². The fraction of sp³-hybridized carbons (Fsp3) is 0.154. The summed E-state index contributed by atoms with van der Waals surface area (Å²) in [6, 6.07) is 5.10. The lowest BCUT2D eigenvalue weighted by molar-refractivity contribution is 0.426. The SMILES string of the molecule is C=C.C=C.CN=C=O.Cc1ccc(Cl)c(B(O)O)c1. The van der Waals surface area contributed by atoms with Crippen molar-refractivity contribution < 1.29 is 14.8 Å². The zero-order valence-electron chi connectivity index (χ0n) is 11.3. The molecular weight excluding hydrogens is 264 g/mol. The van der Waals surface area contributed by atoms with Crippen LogP contribution in [0.15, 0.2) is 49.5 Å². The van der Waals surface area contributed by atoms with Gasteiger partial charge >= 0.3 is 7.12 Å². The van der Waals surface area contributed by atoms with Gasteiger partial charge in [0, 0.05) is 17.5 Å². The summed E-state index contributed by atoms with van der Waals surface area (Å²) in [5, 5.41) is 18.0. The van der Waals surface area contributed by atoms with Crippen LogP contribution in [0.1, 0.15) is 5.56 Å². The summed E-state index contributed by atoms with van der Waals surface area (Å²) >= 11 is 5.67. The summed E-state index contributed by atoms with van der Waals surface area (Å²) in [7, 11) is -0.102. The number of aryl methyl sites for hydroxylation is 1. The van der Waals surface area contributed by atoms with E-state index in [1.165, 1.54) is 13.1 Å². The molecule has 0 aromatic heterocycles. The Morgan fingerprint density at radius 2 is 1.68 bits per heavy atom. The van der Waals surface area contributed by atoms with E-state index < -0.39 is 7.12 Å². The lowest BCUT2D eigenvalue weighted by Crippen LogP contribution is -2.30. The molecule has 0 saturated heterocycles. The van der Waals surface area contributed by atoms with Gasteiger partial charge in [0.25, 0.3) is 0 Å². The molecule has 104 valence electrons. The van der Waals surface area contributed by atoms with Crippen molar-refractivity contribution in [2.75, 3.05) is 7.05 Å². The normalized spacial score (nSPS) is 7.00. The molecule has 0 aliphatic rings. The molecular formula is C13H19BClNO3. The first kappa shape index (κ1) is 22.5. The first-order valence-electron chi connectivity index (χ1n) is 5.11. The smallest absolute Gasteiger partial charge is 0.423 e. The third kappa shape index (κ3) is 12.6. The number of nitrogens with zero attached hydrogens (tertiary/aromatic N) is 1. The van der Waals surface area contributed by atoms with Gasteiger partial charge in [-0.1, -0.05) is 29.3 Å². The highest BCUT2D eigenvalue weighted by atomic mass is 35.5. The van der Waals surface area contributed by atoms with Crippen LogP contribution in [-0.4, -0.2) is 30.3 Å². The molecule has 0 fully saturated rings. The topological polar surface area (TPSA) is 69.9 Å². The molecule has 4 nitrogen and oxygen atoms in total. The minimum Gasteiger partial charge on any atom is -0.423 e.